The Bertz CT molecular complexity index is 1110. The number of ether oxygens (including phenoxy) is 1. The number of methoxy groups -OCH3 is 1. The van der Waals surface area contributed by atoms with E-state index in [1.807, 2.05) is 24.3 Å². The second-order valence-corrected chi connectivity index (χ2v) is 9.75. The average molecular weight is 429 g/mol. The van der Waals surface area contributed by atoms with Crippen molar-refractivity contribution in [2.24, 2.45) is 0 Å². The molecule has 0 radical (unpaired) electrons. The minimum atomic E-state index is -3.79. The van der Waals surface area contributed by atoms with E-state index < -0.39 is 16.1 Å². The summed E-state index contributed by atoms with van der Waals surface area (Å²) < 4.78 is 33.2. The summed E-state index contributed by atoms with van der Waals surface area (Å²) in [4.78, 5) is 13.1. The van der Waals surface area contributed by atoms with Gasteiger partial charge in [0.05, 0.1) is 7.11 Å². The van der Waals surface area contributed by atoms with Gasteiger partial charge in [0, 0.05) is 12.2 Å². The van der Waals surface area contributed by atoms with Crippen LogP contribution in [0.5, 0.6) is 5.75 Å². The molecule has 0 saturated carbocycles. The van der Waals surface area contributed by atoms with Crippen molar-refractivity contribution >= 4 is 33.0 Å². The predicted octanol–water partition coefficient (Wildman–Crippen LogP) is 3.51. The molecule has 150 valence electrons. The number of thiophene rings is 1. The maximum atomic E-state index is 13.2. The molecule has 1 atom stereocenters. The highest BCUT2D eigenvalue weighted by molar-refractivity contribution is 7.91. The van der Waals surface area contributed by atoms with Crippen molar-refractivity contribution in [3.8, 4) is 5.75 Å². The molecule has 4 rings (SSSR count). The maximum absolute atomic E-state index is 13.2. The van der Waals surface area contributed by atoms with Gasteiger partial charge in [-0.15, -0.1) is 11.3 Å². The standard InChI is InChI=1S/C21H20N2O4S2/c1-27-18-10-8-17(9-11-18)22-21(24)19-13-15-5-2-3-6-16(15)14-23(19)29(25,26)20-7-4-12-28-20/h2-12,19H,13-14H2,1H3,(H,22,24)/t19-/m1/s1. The summed E-state index contributed by atoms with van der Waals surface area (Å²) in [5.74, 6) is 0.321. The number of carbonyl (C=O) groups is 1. The van der Waals surface area contributed by atoms with Gasteiger partial charge < -0.3 is 10.1 Å². The highest BCUT2D eigenvalue weighted by Crippen LogP contribution is 2.31. The molecule has 0 aliphatic carbocycles. The number of amides is 1. The Labute approximate surface area is 173 Å². The third-order valence-electron chi connectivity index (χ3n) is 4.92. The quantitative estimate of drug-likeness (QED) is 0.675. The summed E-state index contributed by atoms with van der Waals surface area (Å²) in [6, 6.07) is 17.0. The fraction of sp³-hybridized carbons (Fsp3) is 0.190. The van der Waals surface area contributed by atoms with Crippen molar-refractivity contribution in [2.75, 3.05) is 12.4 Å². The largest absolute Gasteiger partial charge is 0.497 e. The van der Waals surface area contributed by atoms with Crippen LogP contribution in [0.15, 0.2) is 70.3 Å². The number of nitrogens with zero attached hydrogens (tertiary/aromatic N) is 1. The Hall–Kier alpha value is -2.68. The molecular formula is C21H20N2O4S2. The topological polar surface area (TPSA) is 75.7 Å². The second kappa shape index (κ2) is 7.98. The molecule has 0 spiro atoms. The van der Waals surface area contributed by atoms with Crippen LogP contribution in [0.3, 0.4) is 0 Å². The molecule has 1 aromatic heterocycles. The van der Waals surface area contributed by atoms with Crippen molar-refractivity contribution in [2.45, 2.75) is 23.2 Å². The minimum absolute atomic E-state index is 0.164. The molecule has 1 aliphatic rings. The smallest absolute Gasteiger partial charge is 0.253 e. The Kier molecular flexibility index (Phi) is 5.40. The summed E-state index contributed by atoms with van der Waals surface area (Å²) in [6.07, 6.45) is 0.322. The van der Waals surface area contributed by atoms with E-state index in [1.165, 1.54) is 4.31 Å². The van der Waals surface area contributed by atoms with E-state index in [0.717, 1.165) is 22.5 Å². The van der Waals surface area contributed by atoms with Crippen LogP contribution < -0.4 is 10.1 Å². The fourth-order valence-corrected chi connectivity index (χ4v) is 6.09. The first-order valence-electron chi connectivity index (χ1n) is 9.06. The number of hydrogen-bond donors (Lipinski definition) is 1. The van der Waals surface area contributed by atoms with Gasteiger partial charge in [-0.2, -0.15) is 4.31 Å². The van der Waals surface area contributed by atoms with Crippen LogP contribution in [0.4, 0.5) is 5.69 Å². The highest BCUT2D eigenvalue weighted by Gasteiger charge is 2.40. The Morgan fingerprint density at radius 1 is 1.07 bits per heavy atom. The van der Waals surface area contributed by atoms with Crippen LogP contribution in [0, 0.1) is 0 Å². The number of benzene rings is 2. The van der Waals surface area contributed by atoms with Crippen LogP contribution in [0.25, 0.3) is 0 Å². The van der Waals surface area contributed by atoms with Crippen molar-refractivity contribution in [3.63, 3.8) is 0 Å². The predicted molar refractivity (Wildman–Crippen MR) is 113 cm³/mol. The van der Waals surface area contributed by atoms with Gasteiger partial charge in [-0.05, 0) is 53.3 Å². The minimum Gasteiger partial charge on any atom is -0.497 e. The number of hydrogen-bond acceptors (Lipinski definition) is 5. The van der Waals surface area contributed by atoms with Gasteiger partial charge in [-0.25, -0.2) is 8.42 Å². The van der Waals surface area contributed by atoms with Crippen molar-refractivity contribution in [3.05, 3.63) is 77.2 Å². The maximum Gasteiger partial charge on any atom is 0.253 e. The molecule has 2 heterocycles. The summed E-state index contributed by atoms with van der Waals surface area (Å²) in [6.45, 7) is 0.164. The molecule has 2 aromatic carbocycles. The summed E-state index contributed by atoms with van der Waals surface area (Å²) >= 11 is 1.15. The first kappa shape index (κ1) is 19.6. The SMILES string of the molecule is COc1ccc(NC(=O)[C@H]2Cc3ccccc3CN2S(=O)(=O)c2cccs2)cc1. The Morgan fingerprint density at radius 3 is 2.45 bits per heavy atom. The third kappa shape index (κ3) is 3.91. The molecule has 6 nitrogen and oxygen atoms in total. The van der Waals surface area contributed by atoms with Crippen LogP contribution in [-0.4, -0.2) is 31.8 Å². The summed E-state index contributed by atoms with van der Waals surface area (Å²) in [5, 5.41) is 4.56. The van der Waals surface area contributed by atoms with E-state index >= 15 is 0 Å². The fourth-order valence-electron chi connectivity index (χ4n) is 3.40. The molecule has 29 heavy (non-hydrogen) atoms. The van der Waals surface area contributed by atoms with Gasteiger partial charge in [-0.3, -0.25) is 4.79 Å². The zero-order chi connectivity index (χ0) is 20.4. The lowest BCUT2D eigenvalue weighted by molar-refractivity contribution is -0.120. The van der Waals surface area contributed by atoms with Gasteiger partial charge in [0.25, 0.3) is 10.0 Å². The molecule has 1 aliphatic heterocycles. The molecule has 8 heteroatoms. The van der Waals surface area contributed by atoms with E-state index in [4.69, 9.17) is 4.74 Å². The number of sulfonamides is 1. The molecule has 0 bridgehead atoms. The van der Waals surface area contributed by atoms with Gasteiger partial charge in [-0.1, -0.05) is 30.3 Å². The van der Waals surface area contributed by atoms with Gasteiger partial charge in [0.2, 0.25) is 5.91 Å². The lowest BCUT2D eigenvalue weighted by atomic mass is 9.95. The summed E-state index contributed by atoms with van der Waals surface area (Å²) in [5.41, 5.74) is 2.49. The molecule has 3 aromatic rings. The normalized spacial score (nSPS) is 16.8. The Morgan fingerprint density at radius 2 is 1.79 bits per heavy atom. The van der Waals surface area contributed by atoms with E-state index in [2.05, 4.69) is 5.32 Å². The van der Waals surface area contributed by atoms with Gasteiger partial charge in [0.1, 0.15) is 16.0 Å². The van der Waals surface area contributed by atoms with E-state index in [-0.39, 0.29) is 16.7 Å². The molecule has 0 saturated heterocycles. The van der Waals surface area contributed by atoms with Crippen molar-refractivity contribution in [1.29, 1.82) is 0 Å². The first-order chi connectivity index (χ1) is 14.0. The number of nitrogens with one attached hydrogen (secondary N) is 1. The third-order valence-corrected chi connectivity index (χ3v) is 8.15. The highest BCUT2D eigenvalue weighted by atomic mass is 32.2. The van der Waals surface area contributed by atoms with Crippen molar-refractivity contribution < 1.29 is 17.9 Å². The zero-order valence-corrected chi connectivity index (χ0v) is 17.4. The number of fused-ring (bicyclic) bond motifs is 1. The lowest BCUT2D eigenvalue weighted by Gasteiger charge is -2.34. The monoisotopic (exact) mass is 428 g/mol. The van der Waals surface area contributed by atoms with Gasteiger partial charge in [0.15, 0.2) is 0 Å². The average Bonchev–Trinajstić information content (AvgIpc) is 3.29. The first-order valence-corrected chi connectivity index (χ1v) is 11.4. The van der Waals surface area contributed by atoms with E-state index in [0.29, 0.717) is 17.9 Å². The summed E-state index contributed by atoms with van der Waals surface area (Å²) in [7, 11) is -2.22. The van der Waals surface area contributed by atoms with Gasteiger partial charge >= 0.3 is 0 Å². The molecule has 1 N–H and O–H groups in total. The number of rotatable bonds is 5. The van der Waals surface area contributed by atoms with E-state index in [1.54, 1.807) is 48.9 Å². The van der Waals surface area contributed by atoms with Crippen LogP contribution in [0.1, 0.15) is 11.1 Å². The van der Waals surface area contributed by atoms with E-state index in [9.17, 15) is 13.2 Å². The Balaban J connectivity index is 1.66. The van der Waals surface area contributed by atoms with Crippen LogP contribution >= 0.6 is 11.3 Å². The molecule has 0 fully saturated rings. The molecule has 0 unspecified atom stereocenters. The zero-order valence-electron chi connectivity index (χ0n) is 15.7. The number of carbonyl (C=O) groups excluding carboxylic acids is 1. The lowest BCUT2D eigenvalue weighted by Crippen LogP contribution is -2.50. The van der Waals surface area contributed by atoms with Crippen molar-refractivity contribution in [1.82, 2.24) is 4.31 Å². The second-order valence-electron chi connectivity index (χ2n) is 6.69. The van der Waals surface area contributed by atoms with Crippen LogP contribution in [-0.2, 0) is 27.8 Å². The molecule has 1 amide bonds. The molecular weight excluding hydrogens is 408 g/mol. The number of anilines is 1. The van der Waals surface area contributed by atoms with Crippen LogP contribution in [0.2, 0.25) is 0 Å².